The number of ether oxygens (including phenoxy) is 2. The van der Waals surface area contributed by atoms with Crippen LogP contribution in [-0.4, -0.2) is 24.0 Å². The van der Waals surface area contributed by atoms with Crippen LogP contribution in [0.1, 0.15) is 15.9 Å². The van der Waals surface area contributed by atoms with Gasteiger partial charge in [0.05, 0.1) is 12.7 Å². The predicted molar refractivity (Wildman–Crippen MR) is 68.0 cm³/mol. The van der Waals surface area contributed by atoms with Crippen molar-refractivity contribution >= 4 is 5.97 Å². The smallest absolute Gasteiger partial charge is 0.465 e. The van der Waals surface area contributed by atoms with Crippen molar-refractivity contribution in [2.45, 2.75) is 12.9 Å². The molecule has 21 heavy (non-hydrogen) atoms. The molecule has 7 heteroatoms. The highest BCUT2D eigenvalue weighted by molar-refractivity contribution is 5.89. The SMILES string of the molecule is COC(=O)c1ccn(Cc2cccc(OC(F)(F)F)c2)c1. The van der Waals surface area contributed by atoms with E-state index in [-0.39, 0.29) is 5.75 Å². The molecule has 4 nitrogen and oxygen atoms in total. The summed E-state index contributed by atoms with van der Waals surface area (Å²) in [5, 5.41) is 0. The maximum absolute atomic E-state index is 12.2. The summed E-state index contributed by atoms with van der Waals surface area (Å²) >= 11 is 0. The van der Waals surface area contributed by atoms with Crippen molar-refractivity contribution in [2.75, 3.05) is 7.11 Å². The first-order valence-electron chi connectivity index (χ1n) is 5.96. The number of esters is 1. The number of aromatic nitrogens is 1. The fourth-order valence-corrected chi connectivity index (χ4v) is 1.83. The number of rotatable bonds is 4. The largest absolute Gasteiger partial charge is 0.573 e. The Hall–Kier alpha value is -2.44. The van der Waals surface area contributed by atoms with Gasteiger partial charge in [0.15, 0.2) is 0 Å². The first-order valence-corrected chi connectivity index (χ1v) is 5.96. The Bertz CT molecular complexity index is 634. The Morgan fingerprint density at radius 3 is 2.71 bits per heavy atom. The topological polar surface area (TPSA) is 40.5 Å². The zero-order chi connectivity index (χ0) is 15.5. The monoisotopic (exact) mass is 299 g/mol. The van der Waals surface area contributed by atoms with Gasteiger partial charge in [-0.05, 0) is 23.8 Å². The number of alkyl halides is 3. The van der Waals surface area contributed by atoms with Crippen LogP contribution in [0, 0.1) is 0 Å². The molecule has 2 rings (SSSR count). The summed E-state index contributed by atoms with van der Waals surface area (Å²) in [5.74, 6) is -0.747. The predicted octanol–water partition coefficient (Wildman–Crippen LogP) is 3.22. The number of hydrogen-bond donors (Lipinski definition) is 0. The van der Waals surface area contributed by atoms with Gasteiger partial charge in [-0.25, -0.2) is 4.79 Å². The van der Waals surface area contributed by atoms with Crippen LogP contribution < -0.4 is 4.74 Å². The molecule has 2 aromatic rings. The highest BCUT2D eigenvalue weighted by atomic mass is 19.4. The van der Waals surface area contributed by atoms with E-state index in [9.17, 15) is 18.0 Å². The van der Waals surface area contributed by atoms with Gasteiger partial charge in [0.1, 0.15) is 5.75 Å². The second-order valence-electron chi connectivity index (χ2n) is 4.26. The van der Waals surface area contributed by atoms with Crippen LogP contribution in [0.5, 0.6) is 5.75 Å². The Balaban J connectivity index is 2.11. The van der Waals surface area contributed by atoms with E-state index in [1.54, 1.807) is 29.1 Å². The third-order valence-corrected chi connectivity index (χ3v) is 2.67. The molecular weight excluding hydrogens is 287 g/mol. The lowest BCUT2D eigenvalue weighted by molar-refractivity contribution is -0.274. The Labute approximate surface area is 118 Å². The average molecular weight is 299 g/mol. The molecule has 0 saturated carbocycles. The van der Waals surface area contributed by atoms with Crippen LogP contribution in [0.3, 0.4) is 0 Å². The molecule has 0 fully saturated rings. The van der Waals surface area contributed by atoms with Gasteiger partial charge in [-0.3, -0.25) is 0 Å². The van der Waals surface area contributed by atoms with E-state index in [0.717, 1.165) is 0 Å². The lowest BCUT2D eigenvalue weighted by atomic mass is 10.2. The standard InChI is InChI=1S/C14H12F3NO3/c1-20-13(19)11-5-6-18(9-11)8-10-3-2-4-12(7-10)21-14(15,16)17/h2-7,9H,8H2,1H3. The molecule has 0 saturated heterocycles. The third-order valence-electron chi connectivity index (χ3n) is 2.67. The molecule has 0 atom stereocenters. The second kappa shape index (κ2) is 5.90. The lowest BCUT2D eigenvalue weighted by Crippen LogP contribution is -2.17. The van der Waals surface area contributed by atoms with Gasteiger partial charge in [-0.15, -0.1) is 13.2 Å². The molecule has 0 aliphatic carbocycles. The molecule has 0 N–H and O–H groups in total. The van der Waals surface area contributed by atoms with Gasteiger partial charge in [-0.2, -0.15) is 0 Å². The molecule has 0 unspecified atom stereocenters. The molecule has 0 aliphatic heterocycles. The van der Waals surface area contributed by atoms with Crippen LogP contribution in [0.25, 0.3) is 0 Å². The van der Waals surface area contributed by atoms with Crippen molar-refractivity contribution in [1.82, 2.24) is 4.57 Å². The van der Waals surface area contributed by atoms with Crippen LogP contribution in [-0.2, 0) is 11.3 Å². The zero-order valence-electron chi connectivity index (χ0n) is 11.1. The summed E-state index contributed by atoms with van der Waals surface area (Å²) in [5.41, 5.74) is 0.990. The molecule has 0 spiro atoms. The second-order valence-corrected chi connectivity index (χ2v) is 4.26. The van der Waals surface area contributed by atoms with Crippen molar-refractivity contribution in [3.8, 4) is 5.75 Å². The van der Waals surface area contributed by atoms with Gasteiger partial charge in [0.25, 0.3) is 0 Å². The molecule has 1 aromatic heterocycles. The summed E-state index contributed by atoms with van der Waals surface area (Å²) < 4.78 is 46.6. The molecule has 0 aliphatic rings. The molecule has 0 radical (unpaired) electrons. The van der Waals surface area contributed by atoms with Crippen LogP contribution in [0.4, 0.5) is 13.2 Å². The van der Waals surface area contributed by atoms with Crippen LogP contribution in [0.2, 0.25) is 0 Å². The van der Waals surface area contributed by atoms with Crippen LogP contribution >= 0.6 is 0 Å². The van der Waals surface area contributed by atoms with Crippen molar-refractivity contribution < 1.29 is 27.4 Å². The maximum atomic E-state index is 12.2. The Morgan fingerprint density at radius 2 is 2.05 bits per heavy atom. The molecular formula is C14H12F3NO3. The summed E-state index contributed by atoms with van der Waals surface area (Å²) in [7, 11) is 1.28. The van der Waals surface area contributed by atoms with E-state index in [4.69, 9.17) is 0 Å². The van der Waals surface area contributed by atoms with E-state index in [1.165, 1.54) is 25.3 Å². The molecule has 1 heterocycles. The fourth-order valence-electron chi connectivity index (χ4n) is 1.83. The highest BCUT2D eigenvalue weighted by Gasteiger charge is 2.31. The first-order chi connectivity index (χ1) is 9.87. The number of halogens is 3. The van der Waals surface area contributed by atoms with Crippen molar-refractivity contribution in [1.29, 1.82) is 0 Å². The minimum absolute atomic E-state index is 0.277. The van der Waals surface area contributed by atoms with Crippen LogP contribution in [0.15, 0.2) is 42.7 Å². The summed E-state index contributed by atoms with van der Waals surface area (Å²) in [6.07, 6.45) is -1.52. The number of carbonyl (C=O) groups is 1. The van der Waals surface area contributed by atoms with E-state index >= 15 is 0 Å². The third kappa shape index (κ3) is 4.27. The van der Waals surface area contributed by atoms with Gasteiger partial charge < -0.3 is 14.0 Å². The summed E-state index contributed by atoms with van der Waals surface area (Å²) in [6, 6.07) is 7.24. The highest BCUT2D eigenvalue weighted by Crippen LogP contribution is 2.23. The Kier molecular flexibility index (Phi) is 4.21. The van der Waals surface area contributed by atoms with Gasteiger partial charge in [0.2, 0.25) is 0 Å². The average Bonchev–Trinajstić information content (AvgIpc) is 2.84. The minimum Gasteiger partial charge on any atom is -0.465 e. The van der Waals surface area contributed by atoms with E-state index in [2.05, 4.69) is 9.47 Å². The molecule has 1 aromatic carbocycles. The zero-order valence-corrected chi connectivity index (χ0v) is 11.1. The van der Waals surface area contributed by atoms with Crippen molar-refractivity contribution in [3.05, 3.63) is 53.9 Å². The Morgan fingerprint density at radius 1 is 1.29 bits per heavy atom. The summed E-state index contributed by atoms with van der Waals surface area (Å²) in [4.78, 5) is 11.3. The number of hydrogen-bond acceptors (Lipinski definition) is 3. The van der Waals surface area contributed by atoms with E-state index < -0.39 is 12.3 Å². The lowest BCUT2D eigenvalue weighted by Gasteiger charge is -2.10. The minimum atomic E-state index is -4.72. The van der Waals surface area contributed by atoms with E-state index in [1.807, 2.05) is 0 Å². The van der Waals surface area contributed by atoms with Gasteiger partial charge >= 0.3 is 12.3 Å². The fraction of sp³-hybridized carbons (Fsp3) is 0.214. The maximum Gasteiger partial charge on any atom is 0.573 e. The normalized spacial score (nSPS) is 11.2. The molecule has 0 amide bonds. The van der Waals surface area contributed by atoms with Crippen molar-refractivity contribution in [3.63, 3.8) is 0 Å². The van der Waals surface area contributed by atoms with Gasteiger partial charge in [-0.1, -0.05) is 12.1 Å². The van der Waals surface area contributed by atoms with Gasteiger partial charge in [0, 0.05) is 18.9 Å². The van der Waals surface area contributed by atoms with Crippen molar-refractivity contribution in [2.24, 2.45) is 0 Å². The quantitative estimate of drug-likeness (QED) is 0.814. The number of nitrogens with zero attached hydrogens (tertiary/aromatic N) is 1. The number of carbonyl (C=O) groups excluding carboxylic acids is 1. The first kappa shape index (κ1) is 15.0. The number of benzene rings is 1. The summed E-state index contributed by atoms with van der Waals surface area (Å²) in [6.45, 7) is 0.312. The van der Waals surface area contributed by atoms with E-state index in [0.29, 0.717) is 17.7 Å². The molecule has 112 valence electrons. The molecule has 0 bridgehead atoms. The number of methoxy groups -OCH3 is 1.